The Morgan fingerprint density at radius 3 is 2.95 bits per heavy atom. The summed E-state index contributed by atoms with van der Waals surface area (Å²) in [7, 11) is 0. The molecule has 0 radical (unpaired) electrons. The van der Waals surface area contributed by atoms with Crippen LogP contribution in [0.4, 0.5) is 0 Å². The molecular formula is C15H12N6O. The second-order valence-electron chi connectivity index (χ2n) is 4.75. The van der Waals surface area contributed by atoms with Gasteiger partial charge in [0.2, 0.25) is 5.82 Å². The van der Waals surface area contributed by atoms with Gasteiger partial charge < -0.3 is 9.09 Å². The van der Waals surface area contributed by atoms with E-state index in [1.807, 2.05) is 24.5 Å². The first-order valence-corrected chi connectivity index (χ1v) is 6.90. The highest BCUT2D eigenvalue weighted by Crippen LogP contribution is 2.23. The molecule has 0 bridgehead atoms. The molecule has 7 nitrogen and oxygen atoms in total. The number of hydrogen-bond acceptors (Lipinski definition) is 6. The molecule has 0 aliphatic rings. The van der Waals surface area contributed by atoms with Gasteiger partial charge in [0.25, 0.3) is 5.89 Å². The van der Waals surface area contributed by atoms with Gasteiger partial charge in [-0.2, -0.15) is 4.98 Å². The molecule has 0 saturated heterocycles. The summed E-state index contributed by atoms with van der Waals surface area (Å²) in [6, 6.07) is 5.92. The summed E-state index contributed by atoms with van der Waals surface area (Å²) in [5.74, 6) is 0.857. The van der Waals surface area contributed by atoms with E-state index in [1.54, 1.807) is 18.6 Å². The predicted molar refractivity (Wildman–Crippen MR) is 79.7 cm³/mol. The van der Waals surface area contributed by atoms with E-state index >= 15 is 0 Å². The van der Waals surface area contributed by atoms with Gasteiger partial charge in [0.05, 0.1) is 23.6 Å². The Bertz CT molecular complexity index is 928. The maximum atomic E-state index is 5.25. The maximum absolute atomic E-state index is 5.25. The van der Waals surface area contributed by atoms with E-state index in [4.69, 9.17) is 4.52 Å². The number of imidazole rings is 1. The lowest BCUT2D eigenvalue weighted by molar-refractivity contribution is 0.431. The Labute approximate surface area is 125 Å². The third-order valence-corrected chi connectivity index (χ3v) is 3.43. The average molecular weight is 292 g/mol. The van der Waals surface area contributed by atoms with Gasteiger partial charge in [-0.25, -0.2) is 9.97 Å². The summed E-state index contributed by atoms with van der Waals surface area (Å²) in [5.41, 5.74) is 3.40. The fraction of sp³-hybridized carbons (Fsp3) is 0.133. The zero-order valence-electron chi connectivity index (χ0n) is 11.8. The van der Waals surface area contributed by atoms with Gasteiger partial charge in [0, 0.05) is 24.5 Å². The zero-order chi connectivity index (χ0) is 14.9. The van der Waals surface area contributed by atoms with E-state index < -0.39 is 0 Å². The minimum absolute atomic E-state index is 0.349. The SMILES string of the molecule is CCn1cnc2cc(-c3noc(-c4cnccn4)n3)ccc21. The number of nitrogens with zero attached hydrogens (tertiary/aromatic N) is 6. The van der Waals surface area contributed by atoms with E-state index in [0.717, 1.165) is 23.1 Å². The largest absolute Gasteiger partial charge is 0.332 e. The van der Waals surface area contributed by atoms with Gasteiger partial charge in [-0.3, -0.25) is 4.98 Å². The molecule has 0 amide bonds. The molecule has 7 heteroatoms. The van der Waals surface area contributed by atoms with E-state index in [1.165, 1.54) is 0 Å². The summed E-state index contributed by atoms with van der Waals surface area (Å²) >= 11 is 0. The van der Waals surface area contributed by atoms with Gasteiger partial charge in [-0.05, 0) is 25.1 Å². The smallest absolute Gasteiger partial charge is 0.278 e. The Hall–Kier alpha value is -3.09. The van der Waals surface area contributed by atoms with Crippen molar-refractivity contribution in [3.8, 4) is 23.0 Å². The Morgan fingerprint density at radius 2 is 2.14 bits per heavy atom. The molecule has 1 aromatic carbocycles. The molecule has 0 N–H and O–H groups in total. The van der Waals surface area contributed by atoms with Crippen LogP contribution in [0.2, 0.25) is 0 Å². The summed E-state index contributed by atoms with van der Waals surface area (Å²) in [6.07, 6.45) is 6.60. The first kappa shape index (κ1) is 12.6. The van der Waals surface area contributed by atoms with Crippen LogP contribution in [-0.2, 0) is 6.54 Å². The van der Waals surface area contributed by atoms with Gasteiger partial charge >= 0.3 is 0 Å². The minimum atomic E-state index is 0.349. The lowest BCUT2D eigenvalue weighted by atomic mass is 10.2. The van der Waals surface area contributed by atoms with Crippen molar-refractivity contribution in [2.75, 3.05) is 0 Å². The maximum Gasteiger partial charge on any atom is 0.278 e. The normalized spacial score (nSPS) is 11.1. The second-order valence-corrected chi connectivity index (χ2v) is 4.75. The van der Waals surface area contributed by atoms with Crippen molar-refractivity contribution in [2.45, 2.75) is 13.5 Å². The summed E-state index contributed by atoms with van der Waals surface area (Å²) in [5, 5.41) is 4.01. The van der Waals surface area contributed by atoms with Crippen molar-refractivity contribution >= 4 is 11.0 Å². The monoisotopic (exact) mass is 292 g/mol. The number of rotatable bonds is 3. The van der Waals surface area contributed by atoms with Crippen LogP contribution in [0.1, 0.15) is 6.92 Å². The van der Waals surface area contributed by atoms with E-state index in [9.17, 15) is 0 Å². The quantitative estimate of drug-likeness (QED) is 0.577. The highest BCUT2D eigenvalue weighted by molar-refractivity contribution is 5.80. The third kappa shape index (κ3) is 2.03. The highest BCUT2D eigenvalue weighted by atomic mass is 16.5. The number of aryl methyl sites for hydroxylation is 1. The number of benzene rings is 1. The van der Waals surface area contributed by atoms with Crippen molar-refractivity contribution in [1.29, 1.82) is 0 Å². The van der Waals surface area contributed by atoms with Crippen molar-refractivity contribution in [3.63, 3.8) is 0 Å². The first-order chi connectivity index (χ1) is 10.8. The van der Waals surface area contributed by atoms with Crippen molar-refractivity contribution < 1.29 is 4.52 Å². The zero-order valence-corrected chi connectivity index (χ0v) is 11.8. The van der Waals surface area contributed by atoms with Gasteiger partial charge in [0.15, 0.2) is 0 Å². The fourth-order valence-corrected chi connectivity index (χ4v) is 2.31. The lowest BCUT2D eigenvalue weighted by Crippen LogP contribution is -1.90. The molecule has 3 heterocycles. The van der Waals surface area contributed by atoms with Crippen LogP contribution in [0.15, 0.2) is 47.6 Å². The van der Waals surface area contributed by atoms with Gasteiger partial charge in [-0.1, -0.05) is 5.16 Å². The molecule has 0 spiro atoms. The van der Waals surface area contributed by atoms with Crippen molar-refractivity contribution in [3.05, 3.63) is 43.1 Å². The van der Waals surface area contributed by atoms with Crippen LogP contribution in [0.5, 0.6) is 0 Å². The topological polar surface area (TPSA) is 82.5 Å². The van der Waals surface area contributed by atoms with Crippen LogP contribution in [0, 0.1) is 0 Å². The van der Waals surface area contributed by atoms with Crippen molar-refractivity contribution in [1.82, 2.24) is 29.7 Å². The molecule has 3 aromatic heterocycles. The van der Waals surface area contributed by atoms with Gasteiger partial charge in [-0.15, -0.1) is 0 Å². The summed E-state index contributed by atoms with van der Waals surface area (Å²) in [4.78, 5) is 16.9. The number of aromatic nitrogens is 6. The fourth-order valence-electron chi connectivity index (χ4n) is 2.31. The highest BCUT2D eigenvalue weighted by Gasteiger charge is 2.13. The first-order valence-electron chi connectivity index (χ1n) is 6.90. The molecule has 0 fully saturated rings. The molecule has 0 aliphatic heterocycles. The third-order valence-electron chi connectivity index (χ3n) is 3.43. The van der Waals surface area contributed by atoms with Crippen molar-refractivity contribution in [2.24, 2.45) is 0 Å². The predicted octanol–water partition coefficient (Wildman–Crippen LogP) is 2.56. The molecule has 4 aromatic rings. The standard InChI is InChI=1S/C15H12N6O/c1-2-21-9-18-11-7-10(3-4-13(11)21)14-19-15(22-20-14)12-8-16-5-6-17-12/h3-9H,2H2,1H3. The molecule has 22 heavy (non-hydrogen) atoms. The molecule has 0 unspecified atom stereocenters. The van der Waals surface area contributed by atoms with Crippen LogP contribution in [0.25, 0.3) is 34.0 Å². The number of hydrogen-bond donors (Lipinski definition) is 0. The van der Waals surface area contributed by atoms with E-state index in [2.05, 4.69) is 36.6 Å². The van der Waals surface area contributed by atoms with Crippen LogP contribution < -0.4 is 0 Å². The molecule has 0 atom stereocenters. The Morgan fingerprint density at radius 1 is 1.18 bits per heavy atom. The molecule has 0 aliphatic carbocycles. The van der Waals surface area contributed by atoms with Crippen LogP contribution >= 0.6 is 0 Å². The van der Waals surface area contributed by atoms with Crippen LogP contribution in [-0.4, -0.2) is 29.7 Å². The van der Waals surface area contributed by atoms with E-state index in [0.29, 0.717) is 17.4 Å². The molecular weight excluding hydrogens is 280 g/mol. The Balaban J connectivity index is 1.75. The van der Waals surface area contributed by atoms with Gasteiger partial charge in [0.1, 0.15) is 5.69 Å². The average Bonchev–Trinajstić information content (AvgIpc) is 3.22. The number of fused-ring (bicyclic) bond motifs is 1. The second kappa shape index (κ2) is 5.03. The lowest BCUT2D eigenvalue weighted by Gasteiger charge is -1.99. The van der Waals surface area contributed by atoms with Crippen LogP contribution in [0.3, 0.4) is 0 Å². The summed E-state index contributed by atoms with van der Waals surface area (Å²) in [6.45, 7) is 2.97. The molecule has 0 saturated carbocycles. The Kier molecular flexibility index (Phi) is 2.89. The minimum Gasteiger partial charge on any atom is -0.332 e. The molecule has 4 rings (SSSR count). The summed E-state index contributed by atoms with van der Waals surface area (Å²) < 4.78 is 7.34. The van der Waals surface area contributed by atoms with E-state index in [-0.39, 0.29) is 0 Å². The molecule has 108 valence electrons.